The minimum Gasteiger partial charge on any atom is -0.461 e. The van der Waals surface area contributed by atoms with E-state index in [1.54, 1.807) is 30.2 Å². The minimum atomic E-state index is -0.0257. The third kappa shape index (κ3) is 5.22. The van der Waals surface area contributed by atoms with Crippen molar-refractivity contribution in [2.24, 2.45) is 0 Å². The first-order valence-electron chi connectivity index (χ1n) is 8.03. The molecule has 0 saturated carbocycles. The van der Waals surface area contributed by atoms with Gasteiger partial charge in [-0.15, -0.1) is 11.8 Å². The Balaban J connectivity index is 1.35. The summed E-state index contributed by atoms with van der Waals surface area (Å²) in [6.07, 6.45) is 2.27. The topological polar surface area (TPSA) is 81.2 Å². The molecule has 6 nitrogen and oxygen atoms in total. The molecule has 130 valence electrons. The van der Waals surface area contributed by atoms with Crippen LogP contribution in [-0.2, 0) is 11.2 Å². The molecule has 0 saturated heterocycles. The van der Waals surface area contributed by atoms with Crippen molar-refractivity contribution in [3.8, 4) is 11.6 Å². The Labute approximate surface area is 150 Å². The Bertz CT molecular complexity index is 797. The number of aryl methyl sites for hydroxylation is 2. The van der Waals surface area contributed by atoms with Crippen LogP contribution in [0.3, 0.4) is 0 Å². The summed E-state index contributed by atoms with van der Waals surface area (Å²) in [4.78, 5) is 17.3. The van der Waals surface area contributed by atoms with Crippen LogP contribution in [0.4, 0.5) is 0 Å². The predicted molar refractivity (Wildman–Crippen MR) is 95.2 cm³/mol. The number of thioether (sulfide) groups is 1. The van der Waals surface area contributed by atoms with Crippen LogP contribution in [0.5, 0.6) is 0 Å². The number of carbonyl (C=O) groups excluding carboxylic acids is 1. The number of amides is 1. The molecule has 0 aliphatic rings. The second kappa shape index (κ2) is 8.53. The Hall–Kier alpha value is -2.54. The van der Waals surface area contributed by atoms with Gasteiger partial charge in [-0.1, -0.05) is 22.9 Å². The van der Waals surface area contributed by atoms with Crippen LogP contribution in [0.15, 0.2) is 56.5 Å². The molecule has 3 rings (SSSR count). The van der Waals surface area contributed by atoms with Crippen LogP contribution in [0.2, 0.25) is 0 Å². The van der Waals surface area contributed by atoms with Gasteiger partial charge in [0.15, 0.2) is 5.76 Å². The zero-order chi connectivity index (χ0) is 17.5. The average molecular weight is 357 g/mol. The summed E-state index contributed by atoms with van der Waals surface area (Å²) in [6.45, 7) is 2.69. The largest absolute Gasteiger partial charge is 0.461 e. The van der Waals surface area contributed by atoms with E-state index in [2.05, 4.69) is 46.6 Å². The van der Waals surface area contributed by atoms with E-state index in [1.807, 2.05) is 0 Å². The monoisotopic (exact) mass is 357 g/mol. The van der Waals surface area contributed by atoms with E-state index >= 15 is 0 Å². The van der Waals surface area contributed by atoms with Crippen molar-refractivity contribution in [2.75, 3.05) is 12.3 Å². The maximum Gasteiger partial charge on any atom is 0.238 e. The van der Waals surface area contributed by atoms with E-state index in [-0.39, 0.29) is 5.91 Å². The SMILES string of the molecule is Cc1ccc(SCCNC(=O)CCc2nc(-c3ccco3)no2)cc1. The molecule has 0 fully saturated rings. The van der Waals surface area contributed by atoms with E-state index in [4.69, 9.17) is 8.94 Å². The van der Waals surface area contributed by atoms with Gasteiger partial charge in [-0.3, -0.25) is 4.79 Å². The summed E-state index contributed by atoms with van der Waals surface area (Å²) in [5.74, 6) is 2.18. The lowest BCUT2D eigenvalue weighted by atomic mass is 10.2. The van der Waals surface area contributed by atoms with Gasteiger partial charge in [0.1, 0.15) is 0 Å². The third-order valence-corrected chi connectivity index (χ3v) is 4.50. The van der Waals surface area contributed by atoms with E-state index in [0.29, 0.717) is 36.9 Å². The first-order chi connectivity index (χ1) is 12.2. The highest BCUT2D eigenvalue weighted by Gasteiger charge is 2.12. The minimum absolute atomic E-state index is 0.0257. The quantitative estimate of drug-likeness (QED) is 0.491. The lowest BCUT2D eigenvalue weighted by Crippen LogP contribution is -2.25. The van der Waals surface area contributed by atoms with Gasteiger partial charge in [0.2, 0.25) is 17.6 Å². The summed E-state index contributed by atoms with van der Waals surface area (Å²) in [6, 6.07) is 11.9. The van der Waals surface area contributed by atoms with Crippen LogP contribution in [0, 0.1) is 6.92 Å². The van der Waals surface area contributed by atoms with Crippen molar-refractivity contribution < 1.29 is 13.7 Å². The highest BCUT2D eigenvalue weighted by atomic mass is 32.2. The highest BCUT2D eigenvalue weighted by Crippen LogP contribution is 2.18. The van der Waals surface area contributed by atoms with Gasteiger partial charge in [0.25, 0.3) is 0 Å². The normalized spacial score (nSPS) is 10.8. The fourth-order valence-electron chi connectivity index (χ4n) is 2.16. The lowest BCUT2D eigenvalue weighted by molar-refractivity contribution is -0.121. The number of hydrogen-bond acceptors (Lipinski definition) is 6. The summed E-state index contributed by atoms with van der Waals surface area (Å²) in [5.41, 5.74) is 1.24. The second-order valence-corrected chi connectivity index (χ2v) is 6.67. The summed E-state index contributed by atoms with van der Waals surface area (Å²) in [5, 5.41) is 6.74. The van der Waals surface area contributed by atoms with Gasteiger partial charge in [-0.2, -0.15) is 4.98 Å². The maximum absolute atomic E-state index is 11.9. The Kier molecular flexibility index (Phi) is 5.90. The number of benzene rings is 1. The number of nitrogens with zero attached hydrogens (tertiary/aromatic N) is 2. The molecule has 0 aliphatic carbocycles. The maximum atomic E-state index is 11.9. The summed E-state index contributed by atoms with van der Waals surface area (Å²) < 4.78 is 10.3. The standard InChI is InChI=1S/C18H19N3O3S/c1-13-4-6-14(7-5-13)25-12-10-19-16(22)8-9-17-20-18(21-24-17)15-3-2-11-23-15/h2-7,11H,8-10,12H2,1H3,(H,19,22). The average Bonchev–Trinajstić information content (AvgIpc) is 3.29. The predicted octanol–water partition coefficient (Wildman–Crippen LogP) is 3.48. The molecule has 0 radical (unpaired) electrons. The van der Waals surface area contributed by atoms with Crippen LogP contribution in [0.25, 0.3) is 11.6 Å². The first kappa shape index (κ1) is 17.3. The van der Waals surface area contributed by atoms with Crippen molar-refractivity contribution in [2.45, 2.75) is 24.7 Å². The molecular weight excluding hydrogens is 338 g/mol. The number of furan rings is 1. The molecule has 0 bridgehead atoms. The number of rotatable bonds is 8. The van der Waals surface area contributed by atoms with Crippen LogP contribution < -0.4 is 5.32 Å². The van der Waals surface area contributed by atoms with Gasteiger partial charge < -0.3 is 14.3 Å². The van der Waals surface area contributed by atoms with E-state index < -0.39 is 0 Å². The van der Waals surface area contributed by atoms with Crippen molar-refractivity contribution >= 4 is 17.7 Å². The number of aromatic nitrogens is 2. The Morgan fingerprint density at radius 1 is 1.24 bits per heavy atom. The van der Waals surface area contributed by atoms with Crippen LogP contribution in [-0.4, -0.2) is 28.3 Å². The van der Waals surface area contributed by atoms with Crippen molar-refractivity contribution in [3.63, 3.8) is 0 Å². The van der Waals surface area contributed by atoms with Crippen molar-refractivity contribution in [1.82, 2.24) is 15.5 Å². The van der Waals surface area contributed by atoms with E-state index in [9.17, 15) is 4.79 Å². The first-order valence-corrected chi connectivity index (χ1v) is 9.02. The van der Waals surface area contributed by atoms with E-state index in [0.717, 1.165) is 5.75 Å². The molecule has 25 heavy (non-hydrogen) atoms. The van der Waals surface area contributed by atoms with Gasteiger partial charge >= 0.3 is 0 Å². The summed E-state index contributed by atoms with van der Waals surface area (Å²) in [7, 11) is 0. The van der Waals surface area contributed by atoms with Gasteiger partial charge in [-0.05, 0) is 31.2 Å². The smallest absolute Gasteiger partial charge is 0.238 e. The highest BCUT2D eigenvalue weighted by molar-refractivity contribution is 7.99. The fraction of sp³-hybridized carbons (Fsp3) is 0.278. The molecule has 0 aliphatic heterocycles. The Morgan fingerprint density at radius 2 is 2.08 bits per heavy atom. The zero-order valence-corrected chi connectivity index (χ0v) is 14.7. The molecule has 0 atom stereocenters. The molecule has 3 aromatic rings. The van der Waals surface area contributed by atoms with Gasteiger partial charge in [0, 0.05) is 30.0 Å². The molecule has 1 aromatic carbocycles. The number of nitrogens with one attached hydrogen (secondary N) is 1. The molecule has 1 amide bonds. The second-order valence-electron chi connectivity index (χ2n) is 5.50. The third-order valence-electron chi connectivity index (χ3n) is 3.49. The Morgan fingerprint density at radius 3 is 2.84 bits per heavy atom. The van der Waals surface area contributed by atoms with Crippen molar-refractivity contribution in [1.29, 1.82) is 0 Å². The molecule has 0 spiro atoms. The van der Waals surface area contributed by atoms with Gasteiger partial charge in [-0.25, -0.2) is 0 Å². The van der Waals surface area contributed by atoms with Crippen molar-refractivity contribution in [3.05, 3.63) is 54.1 Å². The number of carbonyl (C=O) groups is 1. The molecule has 2 aromatic heterocycles. The molecule has 2 heterocycles. The van der Waals surface area contributed by atoms with E-state index in [1.165, 1.54) is 10.5 Å². The summed E-state index contributed by atoms with van der Waals surface area (Å²) >= 11 is 1.72. The lowest BCUT2D eigenvalue weighted by Gasteiger charge is -2.04. The van der Waals surface area contributed by atoms with Crippen LogP contribution in [0.1, 0.15) is 17.9 Å². The molecule has 0 unspecified atom stereocenters. The number of hydrogen-bond donors (Lipinski definition) is 1. The zero-order valence-electron chi connectivity index (χ0n) is 13.9. The molecule has 1 N–H and O–H groups in total. The molecule has 7 heteroatoms. The molecular formula is C18H19N3O3S. The van der Waals surface area contributed by atoms with Crippen LogP contribution >= 0.6 is 11.8 Å². The fourth-order valence-corrected chi connectivity index (χ4v) is 2.93. The van der Waals surface area contributed by atoms with Gasteiger partial charge in [0.05, 0.1) is 6.26 Å².